The summed E-state index contributed by atoms with van der Waals surface area (Å²) >= 11 is 5.61. The van der Waals surface area contributed by atoms with Gasteiger partial charge in [0.15, 0.2) is 6.10 Å². The summed E-state index contributed by atoms with van der Waals surface area (Å²) in [6.07, 6.45) is -7.46. The summed E-state index contributed by atoms with van der Waals surface area (Å²) in [6.45, 7) is 0.115. The minimum absolute atomic E-state index is 0.241. The Bertz CT molecular complexity index is 411. The van der Waals surface area contributed by atoms with Gasteiger partial charge in [0.25, 0.3) is 0 Å². The minimum Gasteiger partial charge on any atom is -0.371 e. The Morgan fingerprint density at radius 1 is 1.44 bits per heavy atom. The molecule has 2 nitrogen and oxygen atoms in total. The van der Waals surface area contributed by atoms with Crippen molar-refractivity contribution >= 4 is 11.6 Å². The van der Waals surface area contributed by atoms with Crippen LogP contribution >= 0.6 is 11.6 Å². The highest BCUT2D eigenvalue weighted by Crippen LogP contribution is 2.40. The molecule has 0 aromatic heterocycles. The van der Waals surface area contributed by atoms with Gasteiger partial charge >= 0.3 is 6.18 Å². The number of ether oxygens (including phenoxy) is 2. The lowest BCUT2D eigenvalue weighted by Crippen LogP contribution is -2.26. The molecule has 1 aromatic carbocycles. The van der Waals surface area contributed by atoms with Gasteiger partial charge in [-0.05, 0) is 12.1 Å². The molecule has 7 heteroatoms. The van der Waals surface area contributed by atoms with E-state index in [1.54, 1.807) is 0 Å². The summed E-state index contributed by atoms with van der Waals surface area (Å²) in [4.78, 5) is 0. The topological polar surface area (TPSA) is 21.8 Å². The van der Waals surface area contributed by atoms with Crippen LogP contribution in [0.4, 0.5) is 17.6 Å². The summed E-state index contributed by atoms with van der Waals surface area (Å²) in [5.74, 6) is -1.04. The molecule has 0 radical (unpaired) electrons. The van der Waals surface area contributed by atoms with Gasteiger partial charge in [-0.3, -0.25) is 0 Å². The Morgan fingerprint density at radius 2 is 2.11 bits per heavy atom. The van der Waals surface area contributed by atoms with Crippen molar-refractivity contribution in [1.29, 1.82) is 0 Å². The van der Waals surface area contributed by atoms with Crippen molar-refractivity contribution in [2.45, 2.75) is 18.4 Å². The zero-order valence-corrected chi connectivity index (χ0v) is 9.76. The first kappa shape index (κ1) is 13.6. The van der Waals surface area contributed by atoms with Crippen LogP contribution in [0.25, 0.3) is 0 Å². The summed E-state index contributed by atoms with van der Waals surface area (Å²) in [7, 11) is 0. The monoisotopic (exact) mass is 284 g/mol. The molecule has 2 rings (SSSR count). The van der Waals surface area contributed by atoms with E-state index in [4.69, 9.17) is 21.1 Å². The molecule has 1 aliphatic heterocycles. The fourth-order valence-corrected chi connectivity index (χ4v) is 1.73. The maximum absolute atomic E-state index is 13.5. The van der Waals surface area contributed by atoms with Crippen LogP contribution in [0.1, 0.15) is 11.7 Å². The number of rotatable bonds is 4. The molecule has 1 aromatic rings. The Kier molecular flexibility index (Phi) is 3.79. The molecular formula is C11H9ClF4O2. The summed E-state index contributed by atoms with van der Waals surface area (Å²) in [5, 5.41) is -0.311. The second-order valence-corrected chi connectivity index (χ2v) is 4.25. The summed E-state index contributed by atoms with van der Waals surface area (Å²) in [6, 6.07) is 3.34. The second-order valence-electron chi connectivity index (χ2n) is 3.85. The van der Waals surface area contributed by atoms with Gasteiger partial charge < -0.3 is 9.47 Å². The predicted octanol–water partition coefficient (Wildman–Crippen LogP) is 3.50. The van der Waals surface area contributed by atoms with Crippen LogP contribution in [0.2, 0.25) is 5.02 Å². The Morgan fingerprint density at radius 3 is 2.61 bits per heavy atom. The number of halogens is 5. The number of alkyl halides is 3. The van der Waals surface area contributed by atoms with Crippen molar-refractivity contribution in [3.05, 3.63) is 34.6 Å². The first-order chi connectivity index (χ1) is 8.39. The molecule has 1 saturated heterocycles. The van der Waals surface area contributed by atoms with E-state index in [-0.39, 0.29) is 17.7 Å². The van der Waals surface area contributed by atoms with Gasteiger partial charge in [0.2, 0.25) is 0 Å². The maximum Gasteiger partial charge on any atom is 0.419 e. The van der Waals surface area contributed by atoms with Gasteiger partial charge in [0.05, 0.1) is 13.2 Å². The van der Waals surface area contributed by atoms with Crippen molar-refractivity contribution < 1.29 is 27.0 Å². The molecule has 2 atom stereocenters. The fraction of sp³-hybridized carbons (Fsp3) is 0.455. The average molecular weight is 285 g/mol. The standard InChI is InChI=1S/C11H9ClF4O2/c12-7-2-1-3-8(13)9(7)10(11(14,15)16)18-5-6-4-17-6/h1-3,6,10H,4-5H2/t6-,10+/m1/s1. The second kappa shape index (κ2) is 5.03. The van der Waals surface area contributed by atoms with E-state index < -0.39 is 23.7 Å². The minimum atomic E-state index is -4.74. The molecule has 0 saturated carbocycles. The molecule has 0 amide bonds. The fourth-order valence-electron chi connectivity index (χ4n) is 1.47. The van der Waals surface area contributed by atoms with E-state index in [2.05, 4.69) is 0 Å². The lowest BCUT2D eigenvalue weighted by molar-refractivity contribution is -0.225. The zero-order chi connectivity index (χ0) is 13.3. The SMILES string of the molecule is Fc1cccc(Cl)c1[C@H](OC[C@H]1CO1)C(F)(F)F. The van der Waals surface area contributed by atoms with Crippen molar-refractivity contribution in [3.63, 3.8) is 0 Å². The van der Waals surface area contributed by atoms with Crippen molar-refractivity contribution in [2.75, 3.05) is 13.2 Å². The molecule has 0 unspecified atom stereocenters. The average Bonchev–Trinajstić information content (AvgIpc) is 3.04. The highest BCUT2D eigenvalue weighted by molar-refractivity contribution is 6.31. The zero-order valence-electron chi connectivity index (χ0n) is 9.01. The van der Waals surface area contributed by atoms with Gasteiger partial charge in [-0.25, -0.2) is 4.39 Å². The van der Waals surface area contributed by atoms with Crippen LogP contribution < -0.4 is 0 Å². The van der Waals surface area contributed by atoms with Gasteiger partial charge in [-0.2, -0.15) is 13.2 Å². The van der Waals surface area contributed by atoms with Gasteiger partial charge in [0.1, 0.15) is 11.9 Å². The van der Waals surface area contributed by atoms with Crippen molar-refractivity contribution in [2.24, 2.45) is 0 Å². The van der Waals surface area contributed by atoms with Crippen molar-refractivity contribution in [3.8, 4) is 0 Å². The molecule has 0 bridgehead atoms. The van der Waals surface area contributed by atoms with E-state index in [1.807, 2.05) is 0 Å². The van der Waals surface area contributed by atoms with Crippen LogP contribution in [0.5, 0.6) is 0 Å². The third-order valence-electron chi connectivity index (χ3n) is 2.41. The highest BCUT2D eigenvalue weighted by Gasteiger charge is 2.45. The predicted molar refractivity (Wildman–Crippen MR) is 55.9 cm³/mol. The third-order valence-corrected chi connectivity index (χ3v) is 2.74. The van der Waals surface area contributed by atoms with E-state index in [9.17, 15) is 17.6 Å². The molecule has 1 fully saturated rings. The van der Waals surface area contributed by atoms with Crippen LogP contribution in [-0.4, -0.2) is 25.5 Å². The van der Waals surface area contributed by atoms with Crippen LogP contribution in [-0.2, 0) is 9.47 Å². The molecule has 18 heavy (non-hydrogen) atoms. The van der Waals surface area contributed by atoms with E-state index in [1.165, 1.54) is 12.1 Å². The van der Waals surface area contributed by atoms with Gasteiger partial charge in [0, 0.05) is 10.6 Å². The smallest absolute Gasteiger partial charge is 0.371 e. The number of benzene rings is 1. The first-order valence-electron chi connectivity index (χ1n) is 5.13. The third kappa shape index (κ3) is 3.13. The number of epoxide rings is 1. The van der Waals surface area contributed by atoms with Crippen LogP contribution in [0, 0.1) is 5.82 Å². The van der Waals surface area contributed by atoms with E-state index in [0.29, 0.717) is 6.61 Å². The normalized spacial score (nSPS) is 20.8. The molecule has 0 N–H and O–H groups in total. The lowest BCUT2D eigenvalue weighted by atomic mass is 10.1. The first-order valence-corrected chi connectivity index (χ1v) is 5.51. The van der Waals surface area contributed by atoms with Crippen LogP contribution in [0.15, 0.2) is 18.2 Å². The van der Waals surface area contributed by atoms with E-state index in [0.717, 1.165) is 6.07 Å². The maximum atomic E-state index is 13.5. The quantitative estimate of drug-likeness (QED) is 0.623. The molecule has 0 aliphatic carbocycles. The number of hydrogen-bond acceptors (Lipinski definition) is 2. The van der Waals surface area contributed by atoms with Crippen molar-refractivity contribution in [1.82, 2.24) is 0 Å². The molecule has 100 valence electrons. The summed E-state index contributed by atoms with van der Waals surface area (Å²) in [5.41, 5.74) is -0.688. The Labute approximate surface area is 105 Å². The van der Waals surface area contributed by atoms with Gasteiger partial charge in [-0.1, -0.05) is 17.7 Å². The Balaban J connectivity index is 2.26. The highest BCUT2D eigenvalue weighted by atomic mass is 35.5. The van der Waals surface area contributed by atoms with E-state index >= 15 is 0 Å². The molecule has 1 aliphatic rings. The lowest BCUT2D eigenvalue weighted by Gasteiger charge is -2.22. The van der Waals surface area contributed by atoms with Gasteiger partial charge in [-0.15, -0.1) is 0 Å². The summed E-state index contributed by atoms with van der Waals surface area (Å²) < 4.78 is 61.5. The molecule has 0 spiro atoms. The molecule has 1 heterocycles. The van der Waals surface area contributed by atoms with Crippen LogP contribution in [0.3, 0.4) is 0 Å². The number of hydrogen-bond donors (Lipinski definition) is 0. The molecular weight excluding hydrogens is 276 g/mol. The Hall–Kier alpha value is -0.850. The largest absolute Gasteiger partial charge is 0.419 e.